The fourth-order valence-electron chi connectivity index (χ4n) is 3.61. The van der Waals surface area contributed by atoms with Crippen LogP contribution in [0.2, 0.25) is 0 Å². The highest BCUT2D eigenvalue weighted by molar-refractivity contribution is 5.89. The minimum Gasteiger partial charge on any atom is -0.496 e. The summed E-state index contributed by atoms with van der Waals surface area (Å²) in [5, 5.41) is 0. The Labute approximate surface area is 155 Å². The standard InChI is InChI=1S/C21H26N2O3/c1-15-10-17(11-16(2)20(15)25-4)12-22(3)13-19-14-23(21(24)26-19)18-8-6-5-7-9-18/h5-11,19H,12-14H2,1-4H3. The molecule has 5 heteroatoms. The van der Waals surface area contributed by atoms with Crippen LogP contribution in [-0.2, 0) is 11.3 Å². The number of aryl methyl sites for hydroxylation is 2. The molecule has 0 aliphatic carbocycles. The second-order valence-electron chi connectivity index (χ2n) is 6.91. The number of carbonyl (C=O) groups excluding carboxylic acids is 1. The zero-order valence-electron chi connectivity index (χ0n) is 15.9. The highest BCUT2D eigenvalue weighted by Gasteiger charge is 2.32. The summed E-state index contributed by atoms with van der Waals surface area (Å²) < 4.78 is 11.0. The van der Waals surface area contributed by atoms with E-state index in [-0.39, 0.29) is 12.2 Å². The minimum absolute atomic E-state index is 0.131. The lowest BCUT2D eigenvalue weighted by molar-refractivity contribution is 0.115. The first-order valence-corrected chi connectivity index (χ1v) is 8.83. The molecule has 5 nitrogen and oxygen atoms in total. The molecule has 1 heterocycles. The topological polar surface area (TPSA) is 42.0 Å². The molecule has 0 aromatic heterocycles. The number of para-hydroxylation sites is 1. The lowest BCUT2D eigenvalue weighted by atomic mass is 10.1. The van der Waals surface area contributed by atoms with Gasteiger partial charge < -0.3 is 9.47 Å². The molecule has 1 aliphatic heterocycles. The third kappa shape index (κ3) is 3.99. The molecule has 1 unspecified atom stereocenters. The first-order chi connectivity index (χ1) is 12.5. The Bertz CT molecular complexity index is 753. The number of carbonyl (C=O) groups is 1. The number of nitrogens with zero attached hydrogens (tertiary/aromatic N) is 2. The molecule has 0 bridgehead atoms. The van der Waals surface area contributed by atoms with Crippen molar-refractivity contribution in [2.24, 2.45) is 0 Å². The summed E-state index contributed by atoms with van der Waals surface area (Å²) in [7, 11) is 3.75. The van der Waals surface area contributed by atoms with Crippen molar-refractivity contribution in [2.45, 2.75) is 26.5 Å². The summed E-state index contributed by atoms with van der Waals surface area (Å²) >= 11 is 0. The van der Waals surface area contributed by atoms with Gasteiger partial charge in [0, 0.05) is 18.8 Å². The Balaban J connectivity index is 1.61. The van der Waals surface area contributed by atoms with Gasteiger partial charge in [-0.2, -0.15) is 0 Å². The second kappa shape index (κ2) is 7.79. The van der Waals surface area contributed by atoms with Gasteiger partial charge in [0.1, 0.15) is 11.9 Å². The Morgan fingerprint density at radius 1 is 1.19 bits per heavy atom. The maximum atomic E-state index is 12.2. The van der Waals surface area contributed by atoms with Crippen LogP contribution in [0.4, 0.5) is 10.5 Å². The molecule has 0 saturated carbocycles. The number of rotatable bonds is 6. The number of cyclic esters (lactones) is 1. The number of hydrogen-bond donors (Lipinski definition) is 0. The molecular weight excluding hydrogens is 328 g/mol. The summed E-state index contributed by atoms with van der Waals surface area (Å²) in [5.74, 6) is 0.944. The van der Waals surface area contributed by atoms with E-state index in [1.807, 2.05) is 37.4 Å². The van der Waals surface area contributed by atoms with Crippen LogP contribution < -0.4 is 9.64 Å². The Hall–Kier alpha value is -2.53. The average Bonchev–Trinajstić information content (AvgIpc) is 2.95. The van der Waals surface area contributed by atoms with Gasteiger partial charge in [0.2, 0.25) is 0 Å². The van der Waals surface area contributed by atoms with Gasteiger partial charge in [-0.3, -0.25) is 9.80 Å². The lowest BCUT2D eigenvalue weighted by Gasteiger charge is -2.21. The van der Waals surface area contributed by atoms with E-state index in [0.29, 0.717) is 13.1 Å². The van der Waals surface area contributed by atoms with Crippen molar-refractivity contribution < 1.29 is 14.3 Å². The van der Waals surface area contributed by atoms with Crippen molar-refractivity contribution in [3.05, 3.63) is 59.2 Å². The van der Waals surface area contributed by atoms with E-state index >= 15 is 0 Å². The highest BCUT2D eigenvalue weighted by Crippen LogP contribution is 2.25. The van der Waals surface area contributed by atoms with Crippen LogP contribution >= 0.6 is 0 Å². The van der Waals surface area contributed by atoms with E-state index in [0.717, 1.165) is 29.1 Å². The largest absolute Gasteiger partial charge is 0.496 e. The van der Waals surface area contributed by atoms with Crippen LogP contribution in [0.3, 0.4) is 0 Å². The monoisotopic (exact) mass is 354 g/mol. The Morgan fingerprint density at radius 2 is 1.85 bits per heavy atom. The van der Waals surface area contributed by atoms with Crippen molar-refractivity contribution in [3.63, 3.8) is 0 Å². The SMILES string of the molecule is COc1c(C)cc(CN(C)CC2CN(c3ccccc3)C(=O)O2)cc1C. The molecule has 0 radical (unpaired) electrons. The molecule has 1 aliphatic rings. The van der Waals surface area contributed by atoms with E-state index in [9.17, 15) is 4.79 Å². The fraction of sp³-hybridized carbons (Fsp3) is 0.381. The van der Waals surface area contributed by atoms with Gasteiger partial charge in [-0.15, -0.1) is 0 Å². The van der Waals surface area contributed by atoms with Crippen LogP contribution in [0.25, 0.3) is 0 Å². The summed E-state index contributed by atoms with van der Waals surface area (Å²) in [4.78, 5) is 16.0. The number of methoxy groups -OCH3 is 1. The second-order valence-corrected chi connectivity index (χ2v) is 6.91. The zero-order chi connectivity index (χ0) is 18.7. The van der Waals surface area contributed by atoms with Gasteiger partial charge >= 0.3 is 6.09 Å². The fourth-order valence-corrected chi connectivity index (χ4v) is 3.61. The lowest BCUT2D eigenvalue weighted by Crippen LogP contribution is -2.32. The molecule has 138 valence electrons. The predicted octanol–water partition coefficient (Wildman–Crippen LogP) is 3.77. The molecule has 2 aromatic rings. The van der Waals surface area contributed by atoms with E-state index in [1.165, 1.54) is 5.56 Å². The number of ether oxygens (including phenoxy) is 2. The molecular formula is C21H26N2O3. The molecule has 3 rings (SSSR count). The summed E-state index contributed by atoms with van der Waals surface area (Å²) in [6.45, 7) is 6.19. The van der Waals surface area contributed by atoms with Gasteiger partial charge in [0.25, 0.3) is 0 Å². The van der Waals surface area contributed by atoms with Crippen LogP contribution in [0.5, 0.6) is 5.75 Å². The van der Waals surface area contributed by atoms with Crippen LogP contribution in [0.15, 0.2) is 42.5 Å². The van der Waals surface area contributed by atoms with Gasteiger partial charge in [-0.25, -0.2) is 4.79 Å². The van der Waals surface area contributed by atoms with Gasteiger partial charge in [-0.05, 0) is 49.7 Å². The molecule has 26 heavy (non-hydrogen) atoms. The van der Waals surface area contributed by atoms with Crippen molar-refractivity contribution in [2.75, 3.05) is 32.1 Å². The summed E-state index contributed by atoms with van der Waals surface area (Å²) in [5.41, 5.74) is 4.38. The van der Waals surface area contributed by atoms with Crippen molar-refractivity contribution >= 4 is 11.8 Å². The normalized spacial score (nSPS) is 16.9. The highest BCUT2D eigenvalue weighted by atomic mass is 16.6. The maximum Gasteiger partial charge on any atom is 0.414 e. The van der Waals surface area contributed by atoms with E-state index in [1.54, 1.807) is 12.0 Å². The third-order valence-electron chi connectivity index (χ3n) is 4.63. The number of likely N-dealkylation sites (N-methyl/N-ethyl adjacent to an activating group) is 1. The van der Waals surface area contributed by atoms with E-state index in [2.05, 4.69) is 30.9 Å². The number of amides is 1. The summed E-state index contributed by atoms with van der Waals surface area (Å²) in [6, 6.07) is 14.0. The minimum atomic E-state index is -0.272. The van der Waals surface area contributed by atoms with Crippen molar-refractivity contribution in [1.29, 1.82) is 0 Å². The van der Waals surface area contributed by atoms with E-state index < -0.39 is 0 Å². The van der Waals surface area contributed by atoms with Crippen LogP contribution in [0.1, 0.15) is 16.7 Å². The molecule has 1 atom stereocenters. The first kappa shape index (κ1) is 18.3. The van der Waals surface area contributed by atoms with Gasteiger partial charge in [0.15, 0.2) is 0 Å². The summed E-state index contributed by atoms with van der Waals surface area (Å²) in [6.07, 6.45) is -0.404. The quantitative estimate of drug-likeness (QED) is 0.792. The molecule has 2 aromatic carbocycles. The average molecular weight is 354 g/mol. The molecule has 0 N–H and O–H groups in total. The Morgan fingerprint density at radius 3 is 2.46 bits per heavy atom. The predicted molar refractivity (Wildman–Crippen MR) is 103 cm³/mol. The molecule has 0 spiro atoms. The zero-order valence-corrected chi connectivity index (χ0v) is 15.9. The number of anilines is 1. The first-order valence-electron chi connectivity index (χ1n) is 8.83. The maximum absolute atomic E-state index is 12.2. The number of hydrogen-bond acceptors (Lipinski definition) is 4. The molecule has 1 amide bonds. The van der Waals surface area contributed by atoms with Crippen molar-refractivity contribution in [1.82, 2.24) is 4.90 Å². The van der Waals surface area contributed by atoms with Gasteiger partial charge in [0.05, 0.1) is 13.7 Å². The molecule has 1 fully saturated rings. The van der Waals surface area contributed by atoms with Crippen molar-refractivity contribution in [3.8, 4) is 5.75 Å². The van der Waals surface area contributed by atoms with Crippen LogP contribution in [-0.4, -0.2) is 44.3 Å². The van der Waals surface area contributed by atoms with E-state index in [4.69, 9.17) is 9.47 Å². The van der Waals surface area contributed by atoms with Gasteiger partial charge in [-0.1, -0.05) is 30.3 Å². The molecule has 1 saturated heterocycles. The van der Waals surface area contributed by atoms with Crippen LogP contribution in [0, 0.1) is 13.8 Å². The smallest absolute Gasteiger partial charge is 0.414 e. The Kier molecular flexibility index (Phi) is 5.47. The number of benzene rings is 2. The third-order valence-corrected chi connectivity index (χ3v) is 4.63.